The van der Waals surface area contributed by atoms with Crippen LogP contribution in [-0.2, 0) is 0 Å². The fraction of sp³-hybridized carbons (Fsp3) is 0.167. The van der Waals surface area contributed by atoms with Crippen LogP contribution in [0.25, 0.3) is 6.08 Å². The van der Waals surface area contributed by atoms with Crippen LogP contribution < -0.4 is 9.47 Å². The Labute approximate surface area is 143 Å². The Hall–Kier alpha value is -2.27. The highest BCUT2D eigenvalue weighted by molar-refractivity contribution is 9.10. The maximum absolute atomic E-state index is 12.2. The predicted octanol–water partition coefficient (Wildman–Crippen LogP) is 4.46. The van der Waals surface area contributed by atoms with E-state index in [1.165, 1.54) is 19.3 Å². The number of hydrogen-bond donors (Lipinski definition) is 1. The van der Waals surface area contributed by atoms with Gasteiger partial charge in [-0.15, -0.1) is 0 Å². The van der Waals surface area contributed by atoms with E-state index in [-0.39, 0.29) is 11.5 Å². The molecule has 0 atom stereocenters. The maximum Gasteiger partial charge on any atom is 0.185 e. The summed E-state index contributed by atoms with van der Waals surface area (Å²) < 4.78 is 11.1. The SMILES string of the molecule is CCOc1ccc(C(=O)/C=C/c2cc(Br)c(O)cc2OC)cc1. The van der Waals surface area contributed by atoms with E-state index in [1.54, 1.807) is 36.4 Å². The predicted molar refractivity (Wildman–Crippen MR) is 93.3 cm³/mol. The molecule has 2 aromatic rings. The minimum absolute atomic E-state index is 0.0804. The number of phenolic OH excluding ortho intramolecular Hbond substituents is 1. The second-order valence-corrected chi connectivity index (χ2v) is 5.55. The average Bonchev–Trinajstić information content (AvgIpc) is 2.56. The molecule has 0 heterocycles. The number of benzene rings is 2. The van der Waals surface area contributed by atoms with E-state index in [1.807, 2.05) is 6.92 Å². The zero-order valence-electron chi connectivity index (χ0n) is 12.9. The molecule has 0 saturated carbocycles. The lowest BCUT2D eigenvalue weighted by atomic mass is 10.1. The van der Waals surface area contributed by atoms with Gasteiger partial charge in [0.15, 0.2) is 5.78 Å². The highest BCUT2D eigenvalue weighted by Crippen LogP contribution is 2.32. The monoisotopic (exact) mass is 376 g/mol. The largest absolute Gasteiger partial charge is 0.507 e. The van der Waals surface area contributed by atoms with Gasteiger partial charge in [-0.2, -0.15) is 0 Å². The topological polar surface area (TPSA) is 55.8 Å². The summed E-state index contributed by atoms with van der Waals surface area (Å²) in [5.41, 5.74) is 1.26. The first-order valence-electron chi connectivity index (χ1n) is 7.07. The van der Waals surface area contributed by atoms with Crippen LogP contribution in [0.3, 0.4) is 0 Å². The molecule has 5 heteroatoms. The number of aromatic hydroxyl groups is 1. The van der Waals surface area contributed by atoms with E-state index in [2.05, 4.69) is 15.9 Å². The van der Waals surface area contributed by atoms with Crippen molar-refractivity contribution in [2.75, 3.05) is 13.7 Å². The minimum Gasteiger partial charge on any atom is -0.507 e. The van der Waals surface area contributed by atoms with Crippen molar-refractivity contribution >= 4 is 27.8 Å². The van der Waals surface area contributed by atoms with Gasteiger partial charge in [0.1, 0.15) is 17.2 Å². The molecule has 0 aliphatic rings. The van der Waals surface area contributed by atoms with E-state index < -0.39 is 0 Å². The zero-order chi connectivity index (χ0) is 16.8. The Bertz CT molecular complexity index is 721. The van der Waals surface area contributed by atoms with Gasteiger partial charge in [0.25, 0.3) is 0 Å². The van der Waals surface area contributed by atoms with Crippen molar-refractivity contribution < 1.29 is 19.4 Å². The van der Waals surface area contributed by atoms with Crippen LogP contribution in [0.2, 0.25) is 0 Å². The molecule has 0 spiro atoms. The number of phenols is 1. The van der Waals surface area contributed by atoms with E-state index in [9.17, 15) is 9.90 Å². The number of carbonyl (C=O) groups excluding carboxylic acids is 1. The van der Waals surface area contributed by atoms with Crippen LogP contribution >= 0.6 is 15.9 Å². The summed E-state index contributed by atoms with van der Waals surface area (Å²) in [4.78, 5) is 12.2. The number of ketones is 1. The number of hydrogen-bond acceptors (Lipinski definition) is 4. The highest BCUT2D eigenvalue weighted by atomic mass is 79.9. The molecule has 0 fully saturated rings. The lowest BCUT2D eigenvalue weighted by molar-refractivity contribution is 0.104. The molecule has 0 aliphatic carbocycles. The Morgan fingerprint density at radius 1 is 1.26 bits per heavy atom. The summed E-state index contributed by atoms with van der Waals surface area (Å²) in [6, 6.07) is 10.2. The molecule has 1 N–H and O–H groups in total. The molecule has 0 radical (unpaired) electrons. The molecular formula is C18H17BrO4. The van der Waals surface area contributed by atoms with Crippen LogP contribution in [0.5, 0.6) is 17.2 Å². The number of carbonyl (C=O) groups is 1. The molecular weight excluding hydrogens is 360 g/mol. The van der Waals surface area contributed by atoms with Crippen molar-refractivity contribution in [1.82, 2.24) is 0 Å². The third kappa shape index (κ3) is 4.36. The fourth-order valence-electron chi connectivity index (χ4n) is 2.01. The first-order valence-corrected chi connectivity index (χ1v) is 7.86. The standard InChI is InChI=1S/C18H17BrO4/c1-3-23-14-7-4-12(5-8-14)16(20)9-6-13-10-15(19)17(21)11-18(13)22-2/h4-11,21H,3H2,1-2H3/b9-6+. The molecule has 0 unspecified atom stereocenters. The molecule has 0 aromatic heterocycles. The lowest BCUT2D eigenvalue weighted by Crippen LogP contribution is -1.96. The van der Waals surface area contributed by atoms with Gasteiger partial charge in [-0.25, -0.2) is 0 Å². The molecule has 2 aromatic carbocycles. The molecule has 0 bridgehead atoms. The van der Waals surface area contributed by atoms with Crippen LogP contribution in [0.15, 0.2) is 46.9 Å². The molecule has 23 heavy (non-hydrogen) atoms. The maximum atomic E-state index is 12.2. The smallest absolute Gasteiger partial charge is 0.185 e. The van der Waals surface area contributed by atoms with Crippen molar-refractivity contribution in [2.45, 2.75) is 6.92 Å². The van der Waals surface area contributed by atoms with Crippen LogP contribution in [0.4, 0.5) is 0 Å². The van der Waals surface area contributed by atoms with Crippen molar-refractivity contribution in [2.24, 2.45) is 0 Å². The second-order valence-electron chi connectivity index (χ2n) is 4.70. The number of rotatable bonds is 6. The van der Waals surface area contributed by atoms with Gasteiger partial charge in [-0.1, -0.05) is 0 Å². The summed E-state index contributed by atoms with van der Waals surface area (Å²) in [7, 11) is 1.51. The van der Waals surface area contributed by atoms with Crippen molar-refractivity contribution in [3.63, 3.8) is 0 Å². The summed E-state index contributed by atoms with van der Waals surface area (Å²) in [5.74, 6) is 1.18. The van der Waals surface area contributed by atoms with Crippen molar-refractivity contribution in [3.05, 3.63) is 58.1 Å². The van der Waals surface area contributed by atoms with Crippen molar-refractivity contribution in [1.29, 1.82) is 0 Å². The second kappa shape index (κ2) is 7.83. The normalized spacial score (nSPS) is 10.7. The van der Waals surface area contributed by atoms with Gasteiger partial charge in [-0.05, 0) is 65.3 Å². The zero-order valence-corrected chi connectivity index (χ0v) is 14.5. The summed E-state index contributed by atoms with van der Waals surface area (Å²) in [5, 5.41) is 9.65. The Kier molecular flexibility index (Phi) is 5.82. The van der Waals surface area contributed by atoms with E-state index in [0.29, 0.717) is 28.0 Å². The van der Waals surface area contributed by atoms with Gasteiger partial charge in [-0.3, -0.25) is 4.79 Å². The van der Waals surface area contributed by atoms with Gasteiger partial charge < -0.3 is 14.6 Å². The summed E-state index contributed by atoms with van der Waals surface area (Å²) in [6.07, 6.45) is 3.12. The van der Waals surface area contributed by atoms with E-state index in [4.69, 9.17) is 9.47 Å². The summed E-state index contributed by atoms with van der Waals surface area (Å²) in [6.45, 7) is 2.49. The van der Waals surface area contributed by atoms with E-state index in [0.717, 1.165) is 5.75 Å². The van der Waals surface area contributed by atoms with Crippen LogP contribution in [-0.4, -0.2) is 24.6 Å². The van der Waals surface area contributed by atoms with Gasteiger partial charge >= 0.3 is 0 Å². The van der Waals surface area contributed by atoms with Gasteiger partial charge in [0, 0.05) is 17.2 Å². The summed E-state index contributed by atoms with van der Waals surface area (Å²) >= 11 is 3.25. The molecule has 0 saturated heterocycles. The molecule has 0 amide bonds. The number of methoxy groups -OCH3 is 1. The Morgan fingerprint density at radius 2 is 1.96 bits per heavy atom. The Balaban J connectivity index is 2.19. The quantitative estimate of drug-likeness (QED) is 0.597. The first-order chi connectivity index (χ1) is 11.0. The van der Waals surface area contributed by atoms with Gasteiger partial charge in [0.05, 0.1) is 18.2 Å². The van der Waals surface area contributed by atoms with Crippen LogP contribution in [0, 0.1) is 0 Å². The number of allylic oxidation sites excluding steroid dienone is 1. The average molecular weight is 377 g/mol. The fourth-order valence-corrected chi connectivity index (χ4v) is 2.37. The third-order valence-corrected chi connectivity index (χ3v) is 3.80. The molecule has 4 nitrogen and oxygen atoms in total. The highest BCUT2D eigenvalue weighted by Gasteiger charge is 2.07. The van der Waals surface area contributed by atoms with Crippen LogP contribution in [0.1, 0.15) is 22.8 Å². The third-order valence-electron chi connectivity index (χ3n) is 3.16. The Morgan fingerprint density at radius 3 is 2.57 bits per heavy atom. The van der Waals surface area contributed by atoms with E-state index >= 15 is 0 Å². The first kappa shape index (κ1) is 17.1. The lowest BCUT2D eigenvalue weighted by Gasteiger charge is -2.07. The molecule has 0 aliphatic heterocycles. The minimum atomic E-state index is -0.126. The number of halogens is 1. The molecule has 2 rings (SSSR count). The number of ether oxygens (including phenoxy) is 2. The van der Waals surface area contributed by atoms with Crippen molar-refractivity contribution in [3.8, 4) is 17.2 Å². The van der Waals surface area contributed by atoms with Gasteiger partial charge in [0.2, 0.25) is 0 Å². The molecule has 120 valence electrons.